The van der Waals surface area contributed by atoms with Crippen molar-refractivity contribution in [3.8, 4) is 17.2 Å². The third-order valence-corrected chi connectivity index (χ3v) is 6.25. The number of aromatic nitrogens is 3. The van der Waals surface area contributed by atoms with Crippen molar-refractivity contribution in [2.75, 3.05) is 11.9 Å². The molecule has 188 valence electrons. The Morgan fingerprint density at radius 3 is 2.30 bits per heavy atom. The fourth-order valence-corrected chi connectivity index (χ4v) is 3.98. The van der Waals surface area contributed by atoms with Crippen LogP contribution in [0.1, 0.15) is 56.3 Å². The lowest BCUT2D eigenvalue weighted by Crippen LogP contribution is -2.35. The molecule has 4 rings (SSSR count). The summed E-state index contributed by atoms with van der Waals surface area (Å²) in [6, 6.07) is 22.5. The molecule has 1 amide bonds. The number of anilines is 1. The van der Waals surface area contributed by atoms with Crippen LogP contribution in [0.4, 0.5) is 5.82 Å². The van der Waals surface area contributed by atoms with Crippen LogP contribution in [-0.2, 0) is 10.3 Å². The number of nitriles is 1. The number of carbonyl (C=O) groups is 1. The highest BCUT2D eigenvalue weighted by atomic mass is 16.2. The molecule has 2 heterocycles. The highest BCUT2D eigenvalue weighted by molar-refractivity contribution is 5.95. The van der Waals surface area contributed by atoms with Gasteiger partial charge in [-0.2, -0.15) is 10.4 Å². The number of rotatable bonds is 8. The smallest absolute Gasteiger partial charge is 0.247 e. The molecule has 0 fully saturated rings. The first-order valence-corrected chi connectivity index (χ1v) is 12.4. The van der Waals surface area contributed by atoms with E-state index in [4.69, 9.17) is 5.26 Å². The molecule has 2 aromatic carbocycles. The summed E-state index contributed by atoms with van der Waals surface area (Å²) in [5.74, 6) is 0.456. The van der Waals surface area contributed by atoms with Crippen LogP contribution < -0.4 is 10.6 Å². The number of nitrogens with one attached hydrogen (secondary N) is 2. The minimum Gasteiger partial charge on any atom is -0.309 e. The highest BCUT2D eigenvalue weighted by Gasteiger charge is 2.22. The molecule has 4 aromatic rings. The van der Waals surface area contributed by atoms with Crippen LogP contribution in [0.2, 0.25) is 0 Å². The maximum atomic E-state index is 13.4. The van der Waals surface area contributed by atoms with Gasteiger partial charge in [-0.05, 0) is 62.1 Å². The summed E-state index contributed by atoms with van der Waals surface area (Å²) in [5.41, 5.74) is 4.41. The number of amides is 1. The summed E-state index contributed by atoms with van der Waals surface area (Å²) in [5, 5.41) is 19.9. The van der Waals surface area contributed by atoms with Gasteiger partial charge < -0.3 is 10.6 Å². The molecule has 0 saturated carbocycles. The highest BCUT2D eigenvalue weighted by Crippen LogP contribution is 2.23. The Morgan fingerprint density at radius 1 is 0.973 bits per heavy atom. The number of hydrogen-bond acceptors (Lipinski definition) is 5. The van der Waals surface area contributed by atoms with Crippen molar-refractivity contribution in [3.63, 3.8) is 0 Å². The lowest BCUT2D eigenvalue weighted by molar-refractivity contribution is -0.118. The molecule has 2 N–H and O–H groups in total. The second-order valence-corrected chi connectivity index (χ2v) is 10.2. The normalized spacial score (nSPS) is 12.9. The van der Waals surface area contributed by atoms with E-state index >= 15 is 0 Å². The first-order chi connectivity index (χ1) is 17.7. The topological polar surface area (TPSA) is 95.6 Å². The Labute approximate surface area is 218 Å². The maximum absolute atomic E-state index is 13.4. The van der Waals surface area contributed by atoms with Gasteiger partial charge >= 0.3 is 0 Å². The van der Waals surface area contributed by atoms with Gasteiger partial charge in [-0.15, -0.1) is 0 Å². The van der Waals surface area contributed by atoms with Gasteiger partial charge in [-0.3, -0.25) is 9.48 Å². The van der Waals surface area contributed by atoms with Crippen molar-refractivity contribution in [1.29, 1.82) is 5.26 Å². The van der Waals surface area contributed by atoms with Crippen molar-refractivity contribution >= 4 is 11.7 Å². The average molecular weight is 493 g/mol. The SMILES string of the molecule is C[C@H](CNC(C(=O)Nc1ccc(-c2cnn(C(C)(C)C)c2)cn1)c1ccccc1)c1ccc(C#N)cc1. The minimum atomic E-state index is -0.548. The predicted molar refractivity (Wildman–Crippen MR) is 146 cm³/mol. The van der Waals surface area contributed by atoms with Crippen molar-refractivity contribution < 1.29 is 4.79 Å². The second kappa shape index (κ2) is 11.2. The molecule has 7 heteroatoms. The van der Waals surface area contributed by atoms with Gasteiger partial charge in [0.2, 0.25) is 5.91 Å². The summed E-state index contributed by atoms with van der Waals surface area (Å²) in [4.78, 5) is 17.8. The van der Waals surface area contributed by atoms with E-state index in [0.717, 1.165) is 22.3 Å². The van der Waals surface area contributed by atoms with E-state index in [-0.39, 0.29) is 17.4 Å². The van der Waals surface area contributed by atoms with Gasteiger partial charge in [0.05, 0.1) is 23.4 Å². The van der Waals surface area contributed by atoms with Crippen LogP contribution >= 0.6 is 0 Å². The molecule has 0 bridgehead atoms. The largest absolute Gasteiger partial charge is 0.309 e. The van der Waals surface area contributed by atoms with Crippen molar-refractivity contribution in [3.05, 3.63) is 102 Å². The van der Waals surface area contributed by atoms with E-state index in [0.29, 0.717) is 17.9 Å². The molecular formula is C30H32N6O. The van der Waals surface area contributed by atoms with E-state index in [9.17, 15) is 4.79 Å². The quantitative estimate of drug-likeness (QED) is 0.332. The number of pyridine rings is 1. The van der Waals surface area contributed by atoms with Crippen LogP contribution in [-0.4, -0.2) is 27.2 Å². The number of benzene rings is 2. The van der Waals surface area contributed by atoms with Crippen molar-refractivity contribution in [1.82, 2.24) is 20.1 Å². The van der Waals surface area contributed by atoms with E-state index in [2.05, 4.69) is 54.5 Å². The Kier molecular flexibility index (Phi) is 7.80. The standard InChI is InChI=1S/C30H32N6O/c1-21(23-12-10-22(16-31)11-13-23)17-33-28(24-8-6-5-7-9-24)29(37)35-27-15-14-25(18-32-27)26-19-34-36(20-26)30(2,3)4/h5-15,18-21,28,33H,17H2,1-4H3,(H,32,35,37)/t21-,28?/m1/s1. The molecule has 37 heavy (non-hydrogen) atoms. The van der Waals surface area contributed by atoms with Crippen LogP contribution in [0.3, 0.4) is 0 Å². The lowest BCUT2D eigenvalue weighted by Gasteiger charge is -2.21. The monoisotopic (exact) mass is 492 g/mol. The Hall–Kier alpha value is -4.28. The van der Waals surface area contributed by atoms with Crippen molar-refractivity contribution in [2.45, 2.75) is 45.2 Å². The molecule has 0 spiro atoms. The summed E-state index contributed by atoms with van der Waals surface area (Å²) < 4.78 is 1.92. The van der Waals surface area contributed by atoms with Gasteiger partial charge in [0.15, 0.2) is 0 Å². The van der Waals surface area contributed by atoms with Crippen molar-refractivity contribution in [2.24, 2.45) is 0 Å². The maximum Gasteiger partial charge on any atom is 0.247 e. The Morgan fingerprint density at radius 2 is 1.70 bits per heavy atom. The van der Waals surface area contributed by atoms with Gasteiger partial charge in [-0.1, -0.05) is 49.4 Å². The number of carbonyl (C=O) groups excluding carboxylic acids is 1. The first kappa shape index (κ1) is 25.8. The minimum absolute atomic E-state index is 0.101. The zero-order valence-electron chi connectivity index (χ0n) is 21.6. The molecule has 1 unspecified atom stereocenters. The molecule has 0 radical (unpaired) electrons. The Balaban J connectivity index is 1.45. The van der Waals surface area contributed by atoms with E-state index in [1.807, 2.05) is 83.8 Å². The van der Waals surface area contributed by atoms with Crippen LogP contribution in [0, 0.1) is 11.3 Å². The Bertz CT molecular complexity index is 1360. The zero-order chi connectivity index (χ0) is 26.4. The van der Waals surface area contributed by atoms with E-state index in [1.165, 1.54) is 0 Å². The van der Waals surface area contributed by atoms with Gasteiger partial charge in [0, 0.05) is 30.1 Å². The molecule has 0 aliphatic heterocycles. The molecule has 0 aliphatic carbocycles. The number of hydrogen-bond donors (Lipinski definition) is 2. The van der Waals surface area contributed by atoms with Crippen LogP contribution in [0.15, 0.2) is 85.3 Å². The van der Waals surface area contributed by atoms with E-state index in [1.54, 1.807) is 6.20 Å². The van der Waals surface area contributed by atoms with Gasteiger partial charge in [0.25, 0.3) is 0 Å². The molecular weight excluding hydrogens is 460 g/mol. The third-order valence-electron chi connectivity index (χ3n) is 6.25. The summed E-state index contributed by atoms with van der Waals surface area (Å²) in [7, 11) is 0. The molecule has 7 nitrogen and oxygen atoms in total. The van der Waals surface area contributed by atoms with Gasteiger partial charge in [0.1, 0.15) is 11.9 Å². The summed E-state index contributed by atoms with van der Waals surface area (Å²) in [6.45, 7) is 8.98. The van der Waals surface area contributed by atoms with Crippen LogP contribution in [0.5, 0.6) is 0 Å². The second-order valence-electron chi connectivity index (χ2n) is 10.2. The predicted octanol–water partition coefficient (Wildman–Crippen LogP) is 5.64. The molecule has 0 saturated heterocycles. The summed E-state index contributed by atoms with van der Waals surface area (Å²) >= 11 is 0. The van der Waals surface area contributed by atoms with Crippen LogP contribution in [0.25, 0.3) is 11.1 Å². The fourth-order valence-electron chi connectivity index (χ4n) is 3.98. The van der Waals surface area contributed by atoms with E-state index < -0.39 is 6.04 Å². The summed E-state index contributed by atoms with van der Waals surface area (Å²) in [6.07, 6.45) is 5.57. The molecule has 2 atom stereocenters. The number of nitrogens with zero attached hydrogens (tertiary/aromatic N) is 4. The zero-order valence-corrected chi connectivity index (χ0v) is 21.6. The molecule has 0 aliphatic rings. The first-order valence-electron chi connectivity index (χ1n) is 12.4. The third kappa shape index (κ3) is 6.49. The fraction of sp³-hybridized carbons (Fsp3) is 0.267. The lowest BCUT2D eigenvalue weighted by atomic mass is 9.98. The molecule has 2 aromatic heterocycles. The van der Waals surface area contributed by atoms with Gasteiger partial charge in [-0.25, -0.2) is 4.98 Å². The average Bonchev–Trinajstić information content (AvgIpc) is 3.41.